The molecule has 27 heavy (non-hydrogen) atoms. The van der Waals surface area contributed by atoms with Crippen molar-refractivity contribution in [2.45, 2.75) is 26.1 Å². The highest BCUT2D eigenvalue weighted by atomic mass is 19.4. The third-order valence-corrected chi connectivity index (χ3v) is 4.03. The van der Waals surface area contributed by atoms with E-state index in [1.54, 1.807) is 12.1 Å². The zero-order chi connectivity index (χ0) is 19.6. The number of hydrogen-bond acceptors (Lipinski definition) is 4. The first-order valence-corrected chi connectivity index (χ1v) is 8.09. The lowest BCUT2D eigenvalue weighted by Crippen LogP contribution is -2.23. The molecule has 0 aliphatic heterocycles. The van der Waals surface area contributed by atoms with Gasteiger partial charge in [0.1, 0.15) is 5.75 Å². The van der Waals surface area contributed by atoms with Crippen LogP contribution in [0.25, 0.3) is 10.9 Å². The Balaban J connectivity index is 1.75. The fourth-order valence-corrected chi connectivity index (χ4v) is 2.67. The summed E-state index contributed by atoms with van der Waals surface area (Å²) in [6, 6.07) is 9.66. The lowest BCUT2D eigenvalue weighted by atomic mass is 10.1. The van der Waals surface area contributed by atoms with Gasteiger partial charge in [0.2, 0.25) is 0 Å². The molecule has 5 nitrogen and oxygen atoms in total. The van der Waals surface area contributed by atoms with Crippen molar-refractivity contribution in [1.29, 1.82) is 0 Å². The Morgan fingerprint density at radius 2 is 1.89 bits per heavy atom. The highest BCUT2D eigenvalue weighted by molar-refractivity contribution is 5.80. The number of benzene rings is 2. The molecule has 0 atom stereocenters. The number of aromatic nitrogens is 2. The highest BCUT2D eigenvalue weighted by Gasteiger charge is 2.34. The molecule has 3 rings (SSSR count). The monoisotopic (exact) mass is 376 g/mol. The van der Waals surface area contributed by atoms with E-state index in [-0.39, 0.29) is 18.5 Å². The van der Waals surface area contributed by atoms with Gasteiger partial charge < -0.3 is 4.74 Å². The summed E-state index contributed by atoms with van der Waals surface area (Å²) in [7, 11) is 0. The van der Waals surface area contributed by atoms with Gasteiger partial charge in [0.15, 0.2) is 0 Å². The number of carbonyl (C=O) groups excluding carboxylic acids is 1. The van der Waals surface area contributed by atoms with Gasteiger partial charge in [0.05, 0.1) is 29.2 Å². The van der Waals surface area contributed by atoms with Crippen LogP contribution in [0.4, 0.5) is 13.2 Å². The van der Waals surface area contributed by atoms with Gasteiger partial charge in [-0.1, -0.05) is 24.3 Å². The Hall–Kier alpha value is -3.16. The average Bonchev–Trinajstić information content (AvgIpc) is 2.61. The van der Waals surface area contributed by atoms with Crippen LogP contribution in [-0.4, -0.2) is 15.5 Å². The van der Waals surface area contributed by atoms with Crippen molar-refractivity contribution in [3.63, 3.8) is 0 Å². The molecule has 0 N–H and O–H groups in total. The van der Waals surface area contributed by atoms with Crippen molar-refractivity contribution < 1.29 is 22.7 Å². The van der Waals surface area contributed by atoms with Crippen molar-refractivity contribution in [2.75, 3.05) is 0 Å². The quantitative estimate of drug-likeness (QED) is 0.514. The van der Waals surface area contributed by atoms with Crippen LogP contribution in [0.5, 0.6) is 5.75 Å². The van der Waals surface area contributed by atoms with Crippen LogP contribution in [0.15, 0.2) is 53.6 Å². The number of fused-ring (bicyclic) bond motifs is 1. The molecular formula is C19H15F3N2O3. The Morgan fingerprint density at radius 1 is 1.15 bits per heavy atom. The van der Waals surface area contributed by atoms with Crippen molar-refractivity contribution in [3.8, 4) is 5.75 Å². The second-order valence-electron chi connectivity index (χ2n) is 5.93. The zero-order valence-corrected chi connectivity index (χ0v) is 14.3. The van der Waals surface area contributed by atoms with Crippen molar-refractivity contribution in [1.82, 2.24) is 9.55 Å². The molecule has 0 fully saturated rings. The lowest BCUT2D eigenvalue weighted by Gasteiger charge is -2.12. The number of alkyl halides is 3. The summed E-state index contributed by atoms with van der Waals surface area (Å²) >= 11 is 0. The van der Waals surface area contributed by atoms with Crippen molar-refractivity contribution in [3.05, 3.63) is 70.3 Å². The molecule has 0 saturated heterocycles. The zero-order valence-electron chi connectivity index (χ0n) is 14.3. The van der Waals surface area contributed by atoms with Gasteiger partial charge >= 0.3 is 12.1 Å². The number of para-hydroxylation sites is 2. The number of aryl methyl sites for hydroxylation is 2. The summed E-state index contributed by atoms with van der Waals surface area (Å²) < 4.78 is 44.9. The van der Waals surface area contributed by atoms with Crippen LogP contribution in [0.2, 0.25) is 0 Å². The Labute approximate surface area is 152 Å². The first kappa shape index (κ1) is 18.6. The maximum absolute atomic E-state index is 12.9. The number of ether oxygens (including phenoxy) is 1. The van der Waals surface area contributed by atoms with E-state index in [2.05, 4.69) is 4.98 Å². The van der Waals surface area contributed by atoms with E-state index in [4.69, 9.17) is 4.74 Å². The largest absolute Gasteiger partial charge is 0.426 e. The number of hydrogen-bond donors (Lipinski definition) is 0. The number of esters is 1. The predicted molar refractivity (Wildman–Crippen MR) is 92.4 cm³/mol. The standard InChI is InChI=1S/C19H15F3N2O3/c1-12-5-4-6-13-17(12)23-11-24(18(13)26)10-9-16(25)27-15-8-3-2-7-14(15)19(20,21)22/h2-8,11H,9-10H2,1H3. The summed E-state index contributed by atoms with van der Waals surface area (Å²) in [4.78, 5) is 28.6. The number of carbonyl (C=O) groups is 1. The van der Waals surface area contributed by atoms with Crippen LogP contribution in [0.3, 0.4) is 0 Å². The topological polar surface area (TPSA) is 61.2 Å². The van der Waals surface area contributed by atoms with Gasteiger partial charge in [-0.2, -0.15) is 13.2 Å². The third-order valence-electron chi connectivity index (χ3n) is 4.03. The second-order valence-corrected chi connectivity index (χ2v) is 5.93. The van der Waals surface area contributed by atoms with Crippen molar-refractivity contribution in [2.24, 2.45) is 0 Å². The van der Waals surface area contributed by atoms with Crippen LogP contribution < -0.4 is 10.3 Å². The molecule has 3 aromatic rings. The Morgan fingerprint density at radius 3 is 2.63 bits per heavy atom. The summed E-state index contributed by atoms with van der Waals surface area (Å²) in [5, 5.41) is 0.410. The summed E-state index contributed by atoms with van der Waals surface area (Å²) in [6.45, 7) is 1.78. The molecule has 2 aromatic carbocycles. The van der Waals surface area contributed by atoms with E-state index >= 15 is 0 Å². The predicted octanol–water partition coefficient (Wildman–Crippen LogP) is 3.72. The first-order valence-electron chi connectivity index (χ1n) is 8.09. The molecule has 0 saturated carbocycles. The van der Waals surface area contributed by atoms with E-state index in [0.29, 0.717) is 10.9 Å². The molecule has 1 heterocycles. The van der Waals surface area contributed by atoms with Crippen molar-refractivity contribution >= 4 is 16.9 Å². The molecule has 0 aliphatic carbocycles. The molecule has 0 bridgehead atoms. The van der Waals surface area contributed by atoms with E-state index < -0.39 is 23.5 Å². The second kappa shape index (κ2) is 7.22. The molecule has 0 radical (unpaired) electrons. The van der Waals surface area contributed by atoms with Crippen LogP contribution in [0, 0.1) is 6.92 Å². The molecule has 0 spiro atoms. The van der Waals surface area contributed by atoms with Crippen LogP contribution >= 0.6 is 0 Å². The normalized spacial score (nSPS) is 11.6. The number of rotatable bonds is 4. The third kappa shape index (κ3) is 3.99. The van der Waals surface area contributed by atoms with E-state index in [0.717, 1.165) is 17.7 Å². The fraction of sp³-hybridized carbons (Fsp3) is 0.211. The molecule has 0 unspecified atom stereocenters. The van der Waals surface area contributed by atoms with E-state index in [1.807, 2.05) is 13.0 Å². The maximum atomic E-state index is 12.9. The summed E-state index contributed by atoms with van der Waals surface area (Å²) in [5.41, 5.74) is 0.0610. The van der Waals surface area contributed by atoms with Crippen LogP contribution in [0.1, 0.15) is 17.5 Å². The molecule has 0 aliphatic rings. The van der Waals surface area contributed by atoms with Gasteiger partial charge in [0, 0.05) is 6.54 Å². The van der Waals surface area contributed by atoms with Gasteiger partial charge in [0.25, 0.3) is 5.56 Å². The number of halogens is 3. The average molecular weight is 376 g/mol. The smallest absolute Gasteiger partial charge is 0.419 e. The van der Waals surface area contributed by atoms with Crippen LogP contribution in [-0.2, 0) is 17.5 Å². The maximum Gasteiger partial charge on any atom is 0.419 e. The SMILES string of the molecule is Cc1cccc2c(=O)n(CCC(=O)Oc3ccccc3C(F)(F)F)cnc12. The minimum Gasteiger partial charge on any atom is -0.426 e. The van der Waals surface area contributed by atoms with Gasteiger partial charge in [-0.05, 0) is 30.7 Å². The van der Waals surface area contributed by atoms with Gasteiger partial charge in [-0.25, -0.2) is 4.98 Å². The Bertz CT molecular complexity index is 1060. The number of nitrogens with zero attached hydrogens (tertiary/aromatic N) is 2. The summed E-state index contributed by atoms with van der Waals surface area (Å²) in [5.74, 6) is -1.43. The van der Waals surface area contributed by atoms with Gasteiger partial charge in [-0.3, -0.25) is 14.2 Å². The first-order chi connectivity index (χ1) is 12.8. The van der Waals surface area contributed by atoms with Gasteiger partial charge in [-0.15, -0.1) is 0 Å². The molecule has 140 valence electrons. The highest BCUT2D eigenvalue weighted by Crippen LogP contribution is 2.36. The summed E-state index contributed by atoms with van der Waals surface area (Å²) in [6.07, 6.45) is -3.59. The molecule has 0 amide bonds. The van der Waals surface area contributed by atoms with E-state index in [9.17, 15) is 22.8 Å². The molecular weight excluding hydrogens is 361 g/mol. The minimum absolute atomic E-state index is 0.0528. The minimum atomic E-state index is -4.63. The fourth-order valence-electron chi connectivity index (χ4n) is 2.67. The molecule has 8 heteroatoms. The molecule has 1 aromatic heterocycles. The Kier molecular flexibility index (Phi) is 4.98. The lowest BCUT2D eigenvalue weighted by molar-refractivity contribution is -0.142. The van der Waals surface area contributed by atoms with E-state index in [1.165, 1.54) is 23.0 Å².